The summed E-state index contributed by atoms with van der Waals surface area (Å²) in [7, 11) is 0. The van der Waals surface area contributed by atoms with Crippen molar-refractivity contribution in [3.63, 3.8) is 0 Å². The number of alkyl carbamates (subject to hydrolysis) is 1. The third-order valence-electron chi connectivity index (χ3n) is 5.28. The van der Waals surface area contributed by atoms with Gasteiger partial charge in [0.25, 0.3) is 0 Å². The number of hydrogen-bond acceptors (Lipinski definition) is 6. The Bertz CT molecular complexity index is 791. The van der Waals surface area contributed by atoms with Crippen LogP contribution in [0.5, 0.6) is 0 Å². The number of carbonyl (C=O) groups is 4. The zero-order chi connectivity index (χ0) is 26.3. The molecule has 1 rings (SSSR count). The summed E-state index contributed by atoms with van der Waals surface area (Å²) in [6, 6.07) is -0.687. The molecule has 1 saturated heterocycles. The van der Waals surface area contributed by atoms with Crippen molar-refractivity contribution in [2.24, 2.45) is 17.3 Å². The van der Waals surface area contributed by atoms with Crippen molar-refractivity contribution in [2.75, 3.05) is 6.54 Å². The fourth-order valence-electron chi connectivity index (χ4n) is 3.63. The Balaban J connectivity index is 2.94. The number of amides is 4. The minimum atomic E-state index is -0.959. The van der Waals surface area contributed by atoms with Gasteiger partial charge in [0.2, 0.25) is 17.7 Å². The molecule has 0 aromatic rings. The van der Waals surface area contributed by atoms with E-state index in [2.05, 4.69) is 21.3 Å². The molecule has 4 atom stereocenters. The third kappa shape index (κ3) is 9.98. The Morgan fingerprint density at radius 1 is 1.09 bits per heavy atom. The van der Waals surface area contributed by atoms with Crippen LogP contribution in [0.1, 0.15) is 74.7 Å². The zero-order valence-electron chi connectivity index (χ0n) is 21.7. The van der Waals surface area contributed by atoms with E-state index in [1.54, 1.807) is 41.5 Å². The van der Waals surface area contributed by atoms with Crippen LogP contribution < -0.4 is 21.3 Å². The summed E-state index contributed by atoms with van der Waals surface area (Å²) in [6.45, 7) is 14.9. The van der Waals surface area contributed by atoms with Gasteiger partial charge in [0.15, 0.2) is 0 Å². The third-order valence-corrected chi connectivity index (χ3v) is 5.28. The molecule has 0 unspecified atom stereocenters. The van der Waals surface area contributed by atoms with E-state index in [9.17, 15) is 24.4 Å². The van der Waals surface area contributed by atoms with E-state index < -0.39 is 47.0 Å². The van der Waals surface area contributed by atoms with Gasteiger partial charge in [0.1, 0.15) is 23.7 Å². The highest BCUT2D eigenvalue weighted by molar-refractivity contribution is 5.92. The summed E-state index contributed by atoms with van der Waals surface area (Å²) in [5.41, 5.74) is -1.39. The van der Waals surface area contributed by atoms with Crippen molar-refractivity contribution in [1.82, 2.24) is 21.3 Å². The first kappa shape index (κ1) is 29.2. The summed E-state index contributed by atoms with van der Waals surface area (Å²) in [5.74, 6) is -1.40. The number of nitrogens with one attached hydrogen (secondary N) is 4. The molecule has 192 valence electrons. The minimum Gasteiger partial charge on any atom is -0.444 e. The fourth-order valence-corrected chi connectivity index (χ4v) is 3.63. The molecule has 0 spiro atoms. The number of rotatable bonds is 9. The van der Waals surface area contributed by atoms with E-state index in [0.29, 0.717) is 19.4 Å². The van der Waals surface area contributed by atoms with Gasteiger partial charge < -0.3 is 26.0 Å². The van der Waals surface area contributed by atoms with E-state index in [-0.39, 0.29) is 24.2 Å². The smallest absolute Gasteiger partial charge is 0.408 e. The Hall–Kier alpha value is -2.83. The van der Waals surface area contributed by atoms with Gasteiger partial charge in [0, 0.05) is 12.5 Å². The molecular weight excluding hydrogens is 438 g/mol. The number of carbonyl (C=O) groups excluding carboxylic acids is 4. The van der Waals surface area contributed by atoms with Gasteiger partial charge in [-0.3, -0.25) is 14.4 Å². The lowest BCUT2D eigenvalue weighted by molar-refractivity contribution is -0.132. The van der Waals surface area contributed by atoms with Crippen LogP contribution in [-0.4, -0.2) is 54.1 Å². The monoisotopic (exact) mass is 479 g/mol. The van der Waals surface area contributed by atoms with E-state index in [1.807, 2.05) is 19.9 Å². The van der Waals surface area contributed by atoms with Crippen LogP contribution in [-0.2, 0) is 19.1 Å². The maximum Gasteiger partial charge on any atom is 0.408 e. The second kappa shape index (κ2) is 12.0. The Kier molecular flexibility index (Phi) is 10.3. The highest BCUT2D eigenvalue weighted by Gasteiger charge is 2.37. The topological polar surface area (TPSA) is 149 Å². The van der Waals surface area contributed by atoms with Gasteiger partial charge in [-0.15, -0.1) is 0 Å². The van der Waals surface area contributed by atoms with E-state index in [1.165, 1.54) is 0 Å². The largest absolute Gasteiger partial charge is 0.444 e. The molecule has 10 heteroatoms. The number of ether oxygens (including phenoxy) is 1. The predicted octanol–water partition coefficient (Wildman–Crippen LogP) is 1.99. The lowest BCUT2D eigenvalue weighted by Crippen LogP contribution is -2.59. The molecule has 0 aliphatic carbocycles. The SMILES string of the molecule is CC(C)C[C@H](NC(=O)[C@@H](NC(=O)OC(C)(C)C)C(C)(C)C)C(=O)N[C@H](C#N)C[C@@H]1CCNC1=O. The highest BCUT2D eigenvalue weighted by atomic mass is 16.6. The zero-order valence-corrected chi connectivity index (χ0v) is 21.7. The van der Waals surface area contributed by atoms with Crippen LogP contribution in [0.2, 0.25) is 0 Å². The average Bonchev–Trinajstić information content (AvgIpc) is 3.06. The summed E-state index contributed by atoms with van der Waals surface area (Å²) in [6.07, 6.45) is 0.430. The van der Waals surface area contributed by atoms with Crippen molar-refractivity contribution >= 4 is 23.8 Å². The van der Waals surface area contributed by atoms with Crippen molar-refractivity contribution in [3.05, 3.63) is 0 Å². The lowest BCUT2D eigenvalue weighted by atomic mass is 9.86. The van der Waals surface area contributed by atoms with Crippen LogP contribution in [0, 0.1) is 28.6 Å². The van der Waals surface area contributed by atoms with Crippen LogP contribution in [0.3, 0.4) is 0 Å². The molecule has 1 aliphatic rings. The first-order valence-electron chi connectivity index (χ1n) is 11.8. The minimum absolute atomic E-state index is 0.0732. The normalized spacial score (nSPS) is 18.8. The molecule has 4 amide bonds. The second-order valence-corrected chi connectivity index (χ2v) is 11.3. The molecule has 0 aromatic carbocycles. The Morgan fingerprint density at radius 2 is 1.71 bits per heavy atom. The summed E-state index contributed by atoms with van der Waals surface area (Å²) in [4.78, 5) is 50.4. The summed E-state index contributed by atoms with van der Waals surface area (Å²) in [5, 5.41) is 20.3. The van der Waals surface area contributed by atoms with Crippen molar-refractivity contribution in [1.29, 1.82) is 5.26 Å². The highest BCUT2D eigenvalue weighted by Crippen LogP contribution is 2.21. The average molecular weight is 480 g/mol. The maximum atomic E-state index is 13.2. The predicted molar refractivity (Wildman–Crippen MR) is 127 cm³/mol. The van der Waals surface area contributed by atoms with Gasteiger partial charge in [0.05, 0.1) is 6.07 Å². The van der Waals surface area contributed by atoms with Gasteiger partial charge in [-0.25, -0.2) is 4.79 Å². The van der Waals surface area contributed by atoms with Crippen LogP contribution in [0.4, 0.5) is 4.79 Å². The van der Waals surface area contributed by atoms with Crippen molar-refractivity contribution < 1.29 is 23.9 Å². The van der Waals surface area contributed by atoms with Gasteiger partial charge in [-0.05, 0) is 51.4 Å². The molecule has 0 bridgehead atoms. The first-order valence-corrected chi connectivity index (χ1v) is 11.8. The van der Waals surface area contributed by atoms with Crippen LogP contribution >= 0.6 is 0 Å². The standard InChI is InChI=1S/C24H41N5O5/c1-14(2)11-17(20(31)27-16(13-25)12-15-9-10-26-19(15)30)28-21(32)18(23(3,4)5)29-22(33)34-24(6,7)8/h14-18H,9-12H2,1-8H3,(H,26,30)(H,27,31)(H,28,32)(H,29,33)/t15-,16-,17-,18+/m0/s1. The molecule has 10 nitrogen and oxygen atoms in total. The lowest BCUT2D eigenvalue weighted by Gasteiger charge is -2.33. The van der Waals surface area contributed by atoms with Crippen molar-refractivity contribution in [2.45, 2.75) is 98.4 Å². The molecule has 1 aliphatic heterocycles. The number of hydrogen-bond donors (Lipinski definition) is 4. The van der Waals surface area contributed by atoms with Crippen LogP contribution in [0.25, 0.3) is 0 Å². The Morgan fingerprint density at radius 3 is 2.15 bits per heavy atom. The number of nitrogens with zero attached hydrogens (tertiary/aromatic N) is 1. The van der Waals surface area contributed by atoms with E-state index in [0.717, 1.165) is 0 Å². The molecule has 1 heterocycles. The van der Waals surface area contributed by atoms with Crippen molar-refractivity contribution in [3.8, 4) is 6.07 Å². The van der Waals surface area contributed by atoms with Gasteiger partial charge >= 0.3 is 6.09 Å². The molecule has 0 radical (unpaired) electrons. The Labute approximate surface area is 202 Å². The summed E-state index contributed by atoms with van der Waals surface area (Å²) >= 11 is 0. The fraction of sp³-hybridized carbons (Fsp3) is 0.792. The molecule has 34 heavy (non-hydrogen) atoms. The maximum absolute atomic E-state index is 13.2. The quantitative estimate of drug-likeness (QED) is 0.397. The summed E-state index contributed by atoms with van der Waals surface area (Å²) < 4.78 is 5.29. The van der Waals surface area contributed by atoms with E-state index in [4.69, 9.17) is 4.74 Å². The van der Waals surface area contributed by atoms with Gasteiger partial charge in [-0.1, -0.05) is 34.6 Å². The molecule has 0 saturated carbocycles. The molecular formula is C24H41N5O5. The van der Waals surface area contributed by atoms with E-state index >= 15 is 0 Å². The van der Waals surface area contributed by atoms with Gasteiger partial charge in [-0.2, -0.15) is 5.26 Å². The number of nitriles is 1. The molecule has 1 fully saturated rings. The molecule has 0 aromatic heterocycles. The second-order valence-electron chi connectivity index (χ2n) is 11.3. The first-order chi connectivity index (χ1) is 15.5. The van der Waals surface area contributed by atoms with Crippen LogP contribution in [0.15, 0.2) is 0 Å². The molecule has 4 N–H and O–H groups in total.